The smallest absolute Gasteiger partial charge is 0.306 e. The summed E-state index contributed by atoms with van der Waals surface area (Å²) in [6.07, 6.45) is 8.83. The summed E-state index contributed by atoms with van der Waals surface area (Å²) in [7, 11) is 0. The lowest BCUT2D eigenvalue weighted by Crippen LogP contribution is -2.44. The largest absolute Gasteiger partial charge is 0.463 e. The minimum atomic E-state index is -0.399. The molecule has 3 aliphatic heterocycles. The van der Waals surface area contributed by atoms with Gasteiger partial charge in [-0.25, -0.2) is 0 Å². The number of aliphatic hydroxyl groups excluding tert-OH is 1. The van der Waals surface area contributed by atoms with Crippen LogP contribution in [0.25, 0.3) is 0 Å². The lowest BCUT2D eigenvalue weighted by Gasteiger charge is -2.30. The van der Waals surface area contributed by atoms with Gasteiger partial charge in [-0.3, -0.25) is 14.4 Å². The lowest BCUT2D eigenvalue weighted by molar-refractivity contribution is -0.149. The second-order valence-corrected chi connectivity index (χ2v) is 7.72. The van der Waals surface area contributed by atoms with Crippen molar-refractivity contribution >= 4 is 17.8 Å². The molecule has 0 aliphatic carbocycles. The molecule has 27 heavy (non-hydrogen) atoms. The molecule has 2 saturated heterocycles. The van der Waals surface area contributed by atoms with Crippen molar-refractivity contribution in [3.8, 4) is 0 Å². The minimum absolute atomic E-state index is 0.0214. The number of cyclic esters (lactones) is 1. The average molecular weight is 378 g/mol. The SMILES string of the molecule is O=C1CCC=CCC(CC(=O)N2CCCC2CO)C(=O)N2CCCC2CO1. The van der Waals surface area contributed by atoms with Gasteiger partial charge in [0, 0.05) is 25.9 Å². The third-order valence-corrected chi connectivity index (χ3v) is 5.88. The topological polar surface area (TPSA) is 87.2 Å². The quantitative estimate of drug-likeness (QED) is 0.590. The summed E-state index contributed by atoms with van der Waals surface area (Å²) in [5.41, 5.74) is 0. The molecule has 150 valence electrons. The van der Waals surface area contributed by atoms with E-state index in [0.717, 1.165) is 25.7 Å². The summed E-state index contributed by atoms with van der Waals surface area (Å²) < 4.78 is 5.33. The second-order valence-electron chi connectivity index (χ2n) is 7.72. The maximum absolute atomic E-state index is 13.2. The van der Waals surface area contributed by atoms with Crippen LogP contribution in [-0.4, -0.2) is 71.1 Å². The molecule has 3 rings (SSSR count). The number of amides is 2. The number of nitrogens with zero attached hydrogens (tertiary/aromatic N) is 2. The van der Waals surface area contributed by atoms with E-state index in [4.69, 9.17) is 4.74 Å². The first-order chi connectivity index (χ1) is 13.1. The molecule has 2 amide bonds. The molecular weight excluding hydrogens is 348 g/mol. The molecule has 3 aliphatic rings. The fourth-order valence-electron chi connectivity index (χ4n) is 4.33. The van der Waals surface area contributed by atoms with Crippen molar-refractivity contribution in [3.05, 3.63) is 12.2 Å². The van der Waals surface area contributed by atoms with E-state index in [9.17, 15) is 19.5 Å². The standard InChI is InChI=1S/C20H30N2O5/c23-13-16-7-4-10-21(16)18(24)12-15-6-2-1-3-9-19(25)27-14-17-8-5-11-22(17)20(15)26/h1-2,15-17,23H,3-14H2. The third kappa shape index (κ3) is 4.89. The number of carbonyl (C=O) groups excluding carboxylic acids is 3. The Bertz CT molecular complexity index is 591. The van der Waals surface area contributed by atoms with Crippen molar-refractivity contribution in [2.75, 3.05) is 26.3 Å². The molecule has 2 fully saturated rings. The Kier molecular flexibility index (Phi) is 6.88. The minimum Gasteiger partial charge on any atom is -0.463 e. The Morgan fingerprint density at radius 3 is 2.81 bits per heavy atom. The fourth-order valence-corrected chi connectivity index (χ4v) is 4.33. The number of aliphatic hydroxyl groups is 1. The first-order valence-electron chi connectivity index (χ1n) is 10.1. The molecule has 0 aromatic carbocycles. The first-order valence-corrected chi connectivity index (χ1v) is 10.1. The Morgan fingerprint density at radius 2 is 2.00 bits per heavy atom. The van der Waals surface area contributed by atoms with E-state index in [2.05, 4.69) is 0 Å². The fraction of sp³-hybridized carbons (Fsp3) is 0.750. The number of hydrogen-bond acceptors (Lipinski definition) is 5. The van der Waals surface area contributed by atoms with Gasteiger partial charge in [0.05, 0.1) is 24.6 Å². The Morgan fingerprint density at radius 1 is 1.19 bits per heavy atom. The van der Waals surface area contributed by atoms with Crippen molar-refractivity contribution in [1.29, 1.82) is 0 Å². The predicted octanol–water partition coefficient (Wildman–Crippen LogP) is 1.25. The van der Waals surface area contributed by atoms with E-state index in [1.54, 1.807) is 9.80 Å². The summed E-state index contributed by atoms with van der Waals surface area (Å²) in [4.78, 5) is 41.2. The molecule has 7 nitrogen and oxygen atoms in total. The van der Waals surface area contributed by atoms with Crippen LogP contribution < -0.4 is 0 Å². The molecule has 7 heteroatoms. The summed E-state index contributed by atoms with van der Waals surface area (Å²) in [6, 6.07) is -0.201. The van der Waals surface area contributed by atoms with Gasteiger partial charge in [-0.2, -0.15) is 0 Å². The first kappa shape index (κ1) is 19.9. The van der Waals surface area contributed by atoms with Crippen molar-refractivity contribution in [3.63, 3.8) is 0 Å². The highest BCUT2D eigenvalue weighted by molar-refractivity contribution is 5.86. The van der Waals surface area contributed by atoms with Crippen LogP contribution in [0.4, 0.5) is 0 Å². The highest BCUT2D eigenvalue weighted by atomic mass is 16.5. The molecule has 3 atom stereocenters. The van der Waals surface area contributed by atoms with Gasteiger partial charge in [0.2, 0.25) is 11.8 Å². The zero-order chi connectivity index (χ0) is 19.2. The zero-order valence-corrected chi connectivity index (χ0v) is 15.8. The number of ether oxygens (including phenoxy) is 1. The van der Waals surface area contributed by atoms with Crippen molar-refractivity contribution < 1.29 is 24.2 Å². The van der Waals surface area contributed by atoms with Crippen LogP contribution in [0.5, 0.6) is 0 Å². The number of esters is 1. The van der Waals surface area contributed by atoms with Crippen LogP contribution >= 0.6 is 0 Å². The molecule has 0 aromatic rings. The van der Waals surface area contributed by atoms with Gasteiger partial charge < -0.3 is 19.6 Å². The monoisotopic (exact) mass is 378 g/mol. The van der Waals surface area contributed by atoms with Gasteiger partial charge >= 0.3 is 5.97 Å². The number of carbonyl (C=O) groups is 3. The maximum atomic E-state index is 13.2. The number of hydrogen-bond donors (Lipinski definition) is 1. The van der Waals surface area contributed by atoms with Crippen LogP contribution in [0.1, 0.15) is 51.4 Å². The molecule has 0 spiro atoms. The van der Waals surface area contributed by atoms with Gasteiger partial charge in [0.1, 0.15) is 6.61 Å². The average Bonchev–Trinajstić information content (AvgIpc) is 3.32. The highest BCUT2D eigenvalue weighted by Crippen LogP contribution is 2.26. The highest BCUT2D eigenvalue weighted by Gasteiger charge is 2.36. The summed E-state index contributed by atoms with van der Waals surface area (Å²) in [5, 5.41) is 9.47. The molecule has 1 N–H and O–H groups in total. The third-order valence-electron chi connectivity index (χ3n) is 5.88. The van der Waals surface area contributed by atoms with Crippen LogP contribution in [0.2, 0.25) is 0 Å². The molecule has 0 aromatic heterocycles. The Hall–Kier alpha value is -1.89. The van der Waals surface area contributed by atoms with E-state index in [0.29, 0.717) is 32.4 Å². The molecule has 3 heterocycles. The molecule has 3 unspecified atom stereocenters. The van der Waals surface area contributed by atoms with Crippen LogP contribution in [0.3, 0.4) is 0 Å². The van der Waals surface area contributed by atoms with Gasteiger partial charge in [0.25, 0.3) is 0 Å². The van der Waals surface area contributed by atoms with E-state index >= 15 is 0 Å². The normalized spacial score (nSPS) is 29.9. The molecule has 0 radical (unpaired) electrons. The predicted molar refractivity (Wildman–Crippen MR) is 98.6 cm³/mol. The number of rotatable bonds is 3. The van der Waals surface area contributed by atoms with Crippen LogP contribution in [0, 0.1) is 5.92 Å². The Balaban J connectivity index is 1.72. The van der Waals surface area contributed by atoms with Gasteiger partial charge in [-0.1, -0.05) is 12.2 Å². The number of likely N-dealkylation sites (tertiary alicyclic amines) is 1. The summed E-state index contributed by atoms with van der Waals surface area (Å²) in [6.45, 7) is 1.53. The van der Waals surface area contributed by atoms with Gasteiger partial charge in [0.15, 0.2) is 0 Å². The van der Waals surface area contributed by atoms with Gasteiger partial charge in [-0.15, -0.1) is 0 Å². The van der Waals surface area contributed by atoms with E-state index in [-0.39, 0.29) is 49.5 Å². The zero-order valence-electron chi connectivity index (χ0n) is 15.8. The molecule has 0 bridgehead atoms. The van der Waals surface area contributed by atoms with Crippen LogP contribution in [0.15, 0.2) is 12.2 Å². The van der Waals surface area contributed by atoms with Crippen molar-refractivity contribution in [2.45, 2.75) is 63.5 Å². The second kappa shape index (κ2) is 9.35. The van der Waals surface area contributed by atoms with Crippen LogP contribution in [-0.2, 0) is 19.1 Å². The summed E-state index contributed by atoms with van der Waals surface area (Å²) >= 11 is 0. The van der Waals surface area contributed by atoms with E-state index in [1.807, 2.05) is 12.2 Å². The van der Waals surface area contributed by atoms with E-state index in [1.165, 1.54) is 0 Å². The lowest BCUT2D eigenvalue weighted by atomic mass is 9.97. The molecule has 0 saturated carbocycles. The summed E-state index contributed by atoms with van der Waals surface area (Å²) in [5.74, 6) is -0.695. The maximum Gasteiger partial charge on any atom is 0.306 e. The van der Waals surface area contributed by atoms with Crippen molar-refractivity contribution in [1.82, 2.24) is 9.80 Å². The number of fused-ring (bicyclic) bond motifs is 1. The van der Waals surface area contributed by atoms with Crippen molar-refractivity contribution in [2.24, 2.45) is 5.92 Å². The Labute approximate surface area is 160 Å². The van der Waals surface area contributed by atoms with Gasteiger partial charge in [-0.05, 0) is 38.5 Å². The number of allylic oxidation sites excluding steroid dienone is 2. The molecular formula is C20H30N2O5. The van der Waals surface area contributed by atoms with E-state index < -0.39 is 5.92 Å².